The molecular formula is C13H18N2O2. The molecule has 1 aromatic rings. The topological polar surface area (TPSA) is 50.4 Å². The van der Waals surface area contributed by atoms with Gasteiger partial charge in [0.1, 0.15) is 11.8 Å². The van der Waals surface area contributed by atoms with Crippen molar-refractivity contribution in [2.24, 2.45) is 0 Å². The fraction of sp³-hybridized carbons (Fsp3) is 0.462. The zero-order valence-electron chi connectivity index (χ0n) is 10.5. The van der Waals surface area contributed by atoms with Gasteiger partial charge >= 0.3 is 0 Å². The molecule has 1 aliphatic heterocycles. The summed E-state index contributed by atoms with van der Waals surface area (Å²) < 4.78 is 5.27. The fourth-order valence-electron chi connectivity index (χ4n) is 2.20. The molecule has 4 nitrogen and oxygen atoms in total. The van der Waals surface area contributed by atoms with E-state index in [-0.39, 0.29) is 11.9 Å². The van der Waals surface area contributed by atoms with Gasteiger partial charge in [0, 0.05) is 13.1 Å². The summed E-state index contributed by atoms with van der Waals surface area (Å²) in [5.74, 6) is 0.909. The molecule has 0 aromatic heterocycles. The number of rotatable bonds is 2. The van der Waals surface area contributed by atoms with Crippen LogP contribution in [0, 0.1) is 13.8 Å². The fourth-order valence-corrected chi connectivity index (χ4v) is 2.20. The summed E-state index contributed by atoms with van der Waals surface area (Å²) in [6.45, 7) is 5.54. The molecular weight excluding hydrogens is 216 g/mol. The molecule has 1 amide bonds. The van der Waals surface area contributed by atoms with Crippen LogP contribution in [-0.4, -0.2) is 26.1 Å². The minimum Gasteiger partial charge on any atom is -0.496 e. The Bertz CT molecular complexity index is 443. The monoisotopic (exact) mass is 234 g/mol. The number of carbonyl (C=O) groups excluding carboxylic acids is 1. The smallest absolute Gasteiger partial charge is 0.241 e. The third-order valence-corrected chi connectivity index (χ3v) is 3.35. The Kier molecular flexibility index (Phi) is 3.33. The number of benzene rings is 1. The molecule has 0 aliphatic carbocycles. The van der Waals surface area contributed by atoms with Crippen LogP contribution in [0.4, 0.5) is 0 Å². The number of methoxy groups -OCH3 is 1. The van der Waals surface area contributed by atoms with Crippen LogP contribution >= 0.6 is 0 Å². The third-order valence-electron chi connectivity index (χ3n) is 3.35. The van der Waals surface area contributed by atoms with E-state index >= 15 is 0 Å². The minimum atomic E-state index is -0.242. The predicted octanol–water partition coefficient (Wildman–Crippen LogP) is 1.07. The van der Waals surface area contributed by atoms with Crippen molar-refractivity contribution >= 4 is 5.91 Å². The van der Waals surface area contributed by atoms with E-state index in [9.17, 15) is 4.79 Å². The molecule has 4 heteroatoms. The standard InChI is InChI=1S/C13H18N2O2/c1-8-9(2)11(17-3)5-4-10(8)12-13(16)15-7-6-14-12/h4-5,12,14H,6-7H2,1-3H3,(H,15,16). The highest BCUT2D eigenvalue weighted by atomic mass is 16.5. The molecule has 1 heterocycles. The molecule has 0 spiro atoms. The van der Waals surface area contributed by atoms with Gasteiger partial charge in [-0.15, -0.1) is 0 Å². The summed E-state index contributed by atoms with van der Waals surface area (Å²) in [4.78, 5) is 11.8. The van der Waals surface area contributed by atoms with Gasteiger partial charge in [0.2, 0.25) is 5.91 Å². The van der Waals surface area contributed by atoms with Crippen LogP contribution in [0.2, 0.25) is 0 Å². The van der Waals surface area contributed by atoms with E-state index in [0.717, 1.165) is 29.0 Å². The van der Waals surface area contributed by atoms with Crippen molar-refractivity contribution in [1.29, 1.82) is 0 Å². The lowest BCUT2D eigenvalue weighted by molar-refractivity contribution is -0.124. The Labute approximate surface area is 101 Å². The molecule has 2 rings (SSSR count). The Balaban J connectivity index is 2.38. The summed E-state index contributed by atoms with van der Waals surface area (Å²) in [6.07, 6.45) is 0. The van der Waals surface area contributed by atoms with Crippen molar-refractivity contribution in [2.75, 3.05) is 20.2 Å². The number of piperazine rings is 1. The molecule has 1 aliphatic rings. The lowest BCUT2D eigenvalue weighted by Crippen LogP contribution is -2.47. The SMILES string of the molecule is COc1ccc(C2NCCNC2=O)c(C)c1C. The largest absolute Gasteiger partial charge is 0.496 e. The van der Waals surface area contributed by atoms with E-state index in [2.05, 4.69) is 10.6 Å². The number of carbonyl (C=O) groups is 1. The number of nitrogens with one attached hydrogen (secondary N) is 2. The van der Waals surface area contributed by atoms with E-state index in [0.29, 0.717) is 6.54 Å². The second kappa shape index (κ2) is 4.75. The van der Waals surface area contributed by atoms with Crippen molar-refractivity contribution in [2.45, 2.75) is 19.9 Å². The van der Waals surface area contributed by atoms with E-state index < -0.39 is 0 Å². The van der Waals surface area contributed by atoms with E-state index in [1.54, 1.807) is 7.11 Å². The van der Waals surface area contributed by atoms with Crippen LogP contribution in [-0.2, 0) is 4.79 Å². The first kappa shape index (κ1) is 11.9. The van der Waals surface area contributed by atoms with E-state index in [1.807, 2.05) is 26.0 Å². The maximum Gasteiger partial charge on any atom is 0.241 e. The quantitative estimate of drug-likeness (QED) is 0.805. The summed E-state index contributed by atoms with van der Waals surface area (Å²) in [5, 5.41) is 6.11. The molecule has 17 heavy (non-hydrogen) atoms. The highest BCUT2D eigenvalue weighted by Crippen LogP contribution is 2.28. The van der Waals surface area contributed by atoms with Gasteiger partial charge in [-0.25, -0.2) is 0 Å². The first-order chi connectivity index (χ1) is 8.15. The predicted molar refractivity (Wildman–Crippen MR) is 66.2 cm³/mol. The van der Waals surface area contributed by atoms with Crippen molar-refractivity contribution in [3.63, 3.8) is 0 Å². The maximum absolute atomic E-state index is 11.8. The lowest BCUT2D eigenvalue weighted by atomic mass is 9.95. The number of amides is 1. The van der Waals surface area contributed by atoms with Crippen LogP contribution in [0.5, 0.6) is 5.75 Å². The van der Waals surface area contributed by atoms with Crippen molar-refractivity contribution in [3.05, 3.63) is 28.8 Å². The maximum atomic E-state index is 11.8. The first-order valence-electron chi connectivity index (χ1n) is 5.80. The third kappa shape index (κ3) is 2.13. The lowest BCUT2D eigenvalue weighted by Gasteiger charge is -2.26. The van der Waals surface area contributed by atoms with E-state index in [4.69, 9.17) is 4.74 Å². The van der Waals surface area contributed by atoms with Gasteiger partial charge in [-0.1, -0.05) is 6.07 Å². The Hall–Kier alpha value is -1.55. The van der Waals surface area contributed by atoms with Crippen LogP contribution in [0.1, 0.15) is 22.7 Å². The molecule has 1 unspecified atom stereocenters. The second-order valence-corrected chi connectivity index (χ2v) is 4.29. The van der Waals surface area contributed by atoms with Crippen molar-refractivity contribution < 1.29 is 9.53 Å². The summed E-state index contributed by atoms with van der Waals surface area (Å²) in [5.41, 5.74) is 3.23. The normalized spacial score (nSPS) is 19.9. The van der Waals surface area contributed by atoms with Crippen LogP contribution in [0.25, 0.3) is 0 Å². The van der Waals surface area contributed by atoms with E-state index in [1.165, 1.54) is 0 Å². The van der Waals surface area contributed by atoms with Crippen LogP contribution in [0.3, 0.4) is 0 Å². The highest BCUT2D eigenvalue weighted by Gasteiger charge is 2.25. The molecule has 1 saturated heterocycles. The molecule has 1 atom stereocenters. The van der Waals surface area contributed by atoms with Gasteiger partial charge in [0.05, 0.1) is 7.11 Å². The van der Waals surface area contributed by atoms with Gasteiger partial charge in [0.25, 0.3) is 0 Å². The van der Waals surface area contributed by atoms with Gasteiger partial charge < -0.3 is 15.4 Å². The first-order valence-corrected chi connectivity index (χ1v) is 5.80. The minimum absolute atomic E-state index is 0.0453. The second-order valence-electron chi connectivity index (χ2n) is 4.29. The summed E-state index contributed by atoms with van der Waals surface area (Å²) in [6, 6.07) is 3.64. The average molecular weight is 234 g/mol. The Morgan fingerprint density at radius 1 is 1.24 bits per heavy atom. The molecule has 0 bridgehead atoms. The van der Waals surface area contributed by atoms with Gasteiger partial charge in [-0.3, -0.25) is 4.79 Å². The molecule has 1 fully saturated rings. The molecule has 1 aromatic carbocycles. The zero-order chi connectivity index (χ0) is 12.4. The average Bonchev–Trinajstić information content (AvgIpc) is 2.34. The van der Waals surface area contributed by atoms with Gasteiger partial charge in [-0.05, 0) is 36.6 Å². The Morgan fingerprint density at radius 3 is 2.65 bits per heavy atom. The number of hydrogen-bond donors (Lipinski definition) is 2. The highest BCUT2D eigenvalue weighted by molar-refractivity contribution is 5.84. The number of hydrogen-bond acceptors (Lipinski definition) is 3. The van der Waals surface area contributed by atoms with Gasteiger partial charge in [0.15, 0.2) is 0 Å². The Morgan fingerprint density at radius 2 is 2.00 bits per heavy atom. The summed E-state index contributed by atoms with van der Waals surface area (Å²) in [7, 11) is 1.66. The van der Waals surface area contributed by atoms with Crippen LogP contribution < -0.4 is 15.4 Å². The molecule has 2 N–H and O–H groups in total. The summed E-state index contributed by atoms with van der Waals surface area (Å²) >= 11 is 0. The molecule has 0 radical (unpaired) electrons. The zero-order valence-corrected chi connectivity index (χ0v) is 10.5. The van der Waals surface area contributed by atoms with Gasteiger partial charge in [-0.2, -0.15) is 0 Å². The molecule has 92 valence electrons. The number of ether oxygens (including phenoxy) is 1. The van der Waals surface area contributed by atoms with Crippen LogP contribution in [0.15, 0.2) is 12.1 Å². The molecule has 0 saturated carbocycles. The van der Waals surface area contributed by atoms with Crippen molar-refractivity contribution in [1.82, 2.24) is 10.6 Å². The van der Waals surface area contributed by atoms with Crippen molar-refractivity contribution in [3.8, 4) is 5.75 Å².